The summed E-state index contributed by atoms with van der Waals surface area (Å²) in [5, 5.41) is 6.49. The van der Waals surface area contributed by atoms with Crippen molar-refractivity contribution < 1.29 is 8.91 Å². The lowest BCUT2D eigenvalue weighted by molar-refractivity contribution is 0.410. The summed E-state index contributed by atoms with van der Waals surface area (Å²) in [6, 6.07) is 1.35. The van der Waals surface area contributed by atoms with Crippen LogP contribution < -0.4 is 5.32 Å². The van der Waals surface area contributed by atoms with Gasteiger partial charge in [-0.05, 0) is 22.0 Å². The Morgan fingerprint density at radius 1 is 1.44 bits per heavy atom. The van der Waals surface area contributed by atoms with Gasteiger partial charge in [0.05, 0.1) is 0 Å². The molecule has 7 heteroatoms. The first-order valence-corrected chi connectivity index (χ1v) is 5.35. The van der Waals surface area contributed by atoms with Gasteiger partial charge >= 0.3 is 0 Å². The van der Waals surface area contributed by atoms with E-state index in [9.17, 15) is 4.39 Å². The third kappa shape index (κ3) is 2.75. The van der Waals surface area contributed by atoms with Gasteiger partial charge in [0.2, 0.25) is 6.39 Å². The number of anilines is 1. The van der Waals surface area contributed by atoms with E-state index in [1.54, 1.807) is 0 Å². The molecule has 0 amide bonds. The molecule has 0 aliphatic heterocycles. The summed E-state index contributed by atoms with van der Waals surface area (Å²) in [6.45, 7) is 0.491. The maximum absolute atomic E-state index is 13.3. The zero-order chi connectivity index (χ0) is 11.4. The number of aromatic nitrogens is 3. The van der Waals surface area contributed by atoms with Crippen molar-refractivity contribution in [1.29, 1.82) is 0 Å². The molecule has 0 spiro atoms. The Morgan fingerprint density at radius 2 is 2.31 bits per heavy atom. The Kier molecular flexibility index (Phi) is 3.45. The fourth-order valence-corrected chi connectivity index (χ4v) is 1.44. The van der Waals surface area contributed by atoms with Gasteiger partial charge in [-0.3, -0.25) is 0 Å². The molecule has 84 valence electrons. The van der Waals surface area contributed by atoms with Gasteiger partial charge in [-0.1, -0.05) is 5.16 Å². The first-order valence-electron chi connectivity index (χ1n) is 4.56. The Morgan fingerprint density at radius 3 is 3.00 bits per heavy atom. The molecule has 1 N–H and O–H groups in total. The molecule has 2 aromatic rings. The van der Waals surface area contributed by atoms with Crippen LogP contribution in [0.5, 0.6) is 0 Å². The Hall–Kier alpha value is -1.50. The topological polar surface area (TPSA) is 63.8 Å². The lowest BCUT2D eigenvalue weighted by Gasteiger charge is -2.04. The molecule has 0 aromatic carbocycles. The van der Waals surface area contributed by atoms with Gasteiger partial charge in [0.15, 0.2) is 17.5 Å². The van der Waals surface area contributed by atoms with Crippen molar-refractivity contribution in [3.63, 3.8) is 0 Å². The summed E-state index contributed by atoms with van der Waals surface area (Å²) < 4.78 is 18.5. The van der Waals surface area contributed by atoms with Crippen LogP contribution >= 0.6 is 15.9 Å². The Labute approximate surface area is 99.2 Å². The molecule has 2 aromatic heterocycles. The van der Waals surface area contributed by atoms with Crippen LogP contribution in [0.2, 0.25) is 0 Å². The summed E-state index contributed by atoms with van der Waals surface area (Å²) in [5.41, 5.74) is 0. The van der Waals surface area contributed by atoms with E-state index in [0.29, 0.717) is 23.3 Å². The molecule has 2 rings (SSSR count). The largest absolute Gasteiger partial charge is 0.367 e. The van der Waals surface area contributed by atoms with E-state index in [1.165, 1.54) is 18.7 Å². The zero-order valence-corrected chi connectivity index (χ0v) is 9.74. The van der Waals surface area contributed by atoms with Crippen molar-refractivity contribution in [1.82, 2.24) is 15.1 Å². The van der Waals surface area contributed by atoms with Gasteiger partial charge in [0.1, 0.15) is 0 Å². The van der Waals surface area contributed by atoms with Crippen LogP contribution in [0, 0.1) is 5.82 Å². The molecule has 0 atom stereocenters. The summed E-state index contributed by atoms with van der Waals surface area (Å²) in [5.74, 6) is 0.388. The second-order valence-corrected chi connectivity index (χ2v) is 3.92. The maximum Gasteiger partial charge on any atom is 0.213 e. The van der Waals surface area contributed by atoms with Crippen molar-refractivity contribution in [2.24, 2.45) is 0 Å². The van der Waals surface area contributed by atoms with Crippen LogP contribution in [0.4, 0.5) is 10.2 Å². The first-order chi connectivity index (χ1) is 7.75. The molecule has 0 saturated heterocycles. The highest BCUT2D eigenvalue weighted by Gasteiger charge is 2.04. The normalized spacial score (nSPS) is 10.4. The van der Waals surface area contributed by atoms with Crippen molar-refractivity contribution in [3.8, 4) is 0 Å². The van der Waals surface area contributed by atoms with E-state index in [-0.39, 0.29) is 5.82 Å². The number of nitrogens with zero attached hydrogens (tertiary/aromatic N) is 3. The molecular weight excluding hydrogens is 279 g/mol. The molecule has 0 radical (unpaired) electrons. The summed E-state index contributed by atoms with van der Waals surface area (Å²) in [6.07, 6.45) is 3.33. The monoisotopic (exact) mass is 286 g/mol. The minimum absolute atomic E-state index is 0.215. The molecule has 0 aliphatic rings. The van der Waals surface area contributed by atoms with Crippen molar-refractivity contribution in [2.75, 3.05) is 11.9 Å². The third-order valence-corrected chi connectivity index (χ3v) is 2.29. The lowest BCUT2D eigenvalue weighted by Crippen LogP contribution is -2.08. The SMILES string of the molecule is Fc1cc(Br)cnc1NCCc1ncon1. The quantitative estimate of drug-likeness (QED) is 0.932. The molecule has 0 fully saturated rings. The second-order valence-electron chi connectivity index (χ2n) is 3.01. The highest BCUT2D eigenvalue weighted by molar-refractivity contribution is 9.10. The predicted octanol–water partition coefficient (Wildman–Crippen LogP) is 2.02. The smallest absolute Gasteiger partial charge is 0.213 e. The zero-order valence-electron chi connectivity index (χ0n) is 8.15. The van der Waals surface area contributed by atoms with E-state index in [4.69, 9.17) is 0 Å². The molecule has 5 nitrogen and oxygen atoms in total. The highest BCUT2D eigenvalue weighted by atomic mass is 79.9. The number of halogens is 2. The molecule has 0 aliphatic carbocycles. The van der Waals surface area contributed by atoms with Gasteiger partial charge < -0.3 is 9.84 Å². The highest BCUT2D eigenvalue weighted by Crippen LogP contribution is 2.15. The van der Waals surface area contributed by atoms with Crippen LogP contribution in [0.3, 0.4) is 0 Å². The van der Waals surface area contributed by atoms with Crippen LogP contribution in [0.25, 0.3) is 0 Å². The van der Waals surface area contributed by atoms with E-state index in [0.717, 1.165) is 0 Å². The van der Waals surface area contributed by atoms with Gasteiger partial charge in [0, 0.05) is 23.6 Å². The van der Waals surface area contributed by atoms with Crippen molar-refractivity contribution >= 4 is 21.7 Å². The predicted molar refractivity (Wildman–Crippen MR) is 58.4 cm³/mol. The molecule has 0 bridgehead atoms. The van der Waals surface area contributed by atoms with Gasteiger partial charge in [0.25, 0.3) is 0 Å². The van der Waals surface area contributed by atoms with Crippen LogP contribution in [-0.4, -0.2) is 21.7 Å². The lowest BCUT2D eigenvalue weighted by atomic mass is 10.4. The second kappa shape index (κ2) is 5.02. The minimum Gasteiger partial charge on any atom is -0.367 e. The van der Waals surface area contributed by atoms with E-state index in [1.807, 2.05) is 0 Å². The van der Waals surface area contributed by atoms with Crippen molar-refractivity contribution in [2.45, 2.75) is 6.42 Å². The number of nitrogens with one attached hydrogen (secondary N) is 1. The molecule has 0 unspecified atom stereocenters. The van der Waals surface area contributed by atoms with Gasteiger partial charge in [-0.25, -0.2) is 9.37 Å². The minimum atomic E-state index is -0.400. The number of hydrogen-bond donors (Lipinski definition) is 1. The number of pyridine rings is 1. The van der Waals surface area contributed by atoms with Gasteiger partial charge in [-0.15, -0.1) is 0 Å². The molecule has 16 heavy (non-hydrogen) atoms. The standard InChI is InChI=1S/C9H8BrFN4O/c10-6-3-7(11)9(13-4-6)12-2-1-8-14-5-16-15-8/h3-5H,1-2H2,(H,12,13). The van der Waals surface area contributed by atoms with Crippen LogP contribution in [0.1, 0.15) is 5.82 Å². The first kappa shape index (κ1) is 11.0. The Bertz CT molecular complexity index is 463. The average Bonchev–Trinajstić information content (AvgIpc) is 2.74. The van der Waals surface area contributed by atoms with Crippen LogP contribution in [0.15, 0.2) is 27.7 Å². The van der Waals surface area contributed by atoms with E-state index < -0.39 is 5.82 Å². The Balaban J connectivity index is 1.90. The van der Waals surface area contributed by atoms with Crippen LogP contribution in [-0.2, 0) is 6.42 Å². The summed E-state index contributed by atoms with van der Waals surface area (Å²) >= 11 is 3.13. The molecular formula is C9H8BrFN4O. The molecule has 2 heterocycles. The average molecular weight is 287 g/mol. The number of hydrogen-bond acceptors (Lipinski definition) is 5. The third-order valence-electron chi connectivity index (χ3n) is 1.86. The van der Waals surface area contributed by atoms with E-state index in [2.05, 4.69) is 40.9 Å². The fourth-order valence-electron chi connectivity index (χ4n) is 1.14. The summed E-state index contributed by atoms with van der Waals surface area (Å²) in [7, 11) is 0. The summed E-state index contributed by atoms with van der Waals surface area (Å²) in [4.78, 5) is 7.74. The van der Waals surface area contributed by atoms with Gasteiger partial charge in [-0.2, -0.15) is 4.98 Å². The van der Waals surface area contributed by atoms with Crippen molar-refractivity contribution in [3.05, 3.63) is 34.8 Å². The van der Waals surface area contributed by atoms with E-state index >= 15 is 0 Å². The number of rotatable bonds is 4. The molecule has 0 saturated carbocycles. The fraction of sp³-hybridized carbons (Fsp3) is 0.222. The maximum atomic E-state index is 13.3.